The number of pyridine rings is 1. The number of benzene rings is 2. The minimum Gasteiger partial charge on any atom is -0.353 e. The fraction of sp³-hybridized carbons (Fsp3) is 0.300. The molecule has 35 heavy (non-hydrogen) atoms. The summed E-state index contributed by atoms with van der Waals surface area (Å²) < 4.78 is 0. The fourth-order valence-corrected chi connectivity index (χ4v) is 4.58. The second kappa shape index (κ2) is 12.8. The number of nitrogens with one attached hydrogen (secondary N) is 1. The third kappa shape index (κ3) is 7.20. The third-order valence-electron chi connectivity index (χ3n) is 6.55. The normalized spacial score (nSPS) is 14.7. The van der Waals surface area contributed by atoms with E-state index in [4.69, 9.17) is 0 Å². The number of aromatic nitrogens is 1. The molecular weight excluding hydrogens is 434 g/mol. The Kier molecular flexibility index (Phi) is 8.96. The second-order valence-electron chi connectivity index (χ2n) is 9.01. The van der Waals surface area contributed by atoms with Gasteiger partial charge in [0.25, 0.3) is 0 Å². The van der Waals surface area contributed by atoms with Crippen LogP contribution >= 0.6 is 0 Å². The quantitative estimate of drug-likeness (QED) is 0.251. The van der Waals surface area contributed by atoms with Crippen molar-refractivity contribution in [2.75, 3.05) is 26.2 Å². The fourth-order valence-electron chi connectivity index (χ4n) is 4.58. The van der Waals surface area contributed by atoms with Crippen LogP contribution in [0.25, 0.3) is 17.2 Å². The minimum atomic E-state index is -0.0797. The van der Waals surface area contributed by atoms with Gasteiger partial charge in [0.15, 0.2) is 5.78 Å². The number of rotatable bonds is 10. The molecule has 1 aliphatic rings. The number of likely N-dealkylation sites (tertiary alicyclic amines) is 1. The molecule has 0 spiro atoms. The van der Waals surface area contributed by atoms with Crippen LogP contribution in [0.3, 0.4) is 0 Å². The molecule has 0 aliphatic carbocycles. The molecule has 1 N–H and O–H groups in total. The van der Waals surface area contributed by atoms with Gasteiger partial charge in [-0.2, -0.15) is 0 Å². The number of carbonyl (C=O) groups is 2. The summed E-state index contributed by atoms with van der Waals surface area (Å²) >= 11 is 0. The van der Waals surface area contributed by atoms with Crippen molar-refractivity contribution < 1.29 is 9.59 Å². The molecule has 0 saturated carbocycles. The number of carbonyl (C=O) groups excluding carboxylic acids is 2. The Balaban J connectivity index is 1.17. The van der Waals surface area contributed by atoms with Crippen LogP contribution in [0.1, 0.15) is 41.6 Å². The Morgan fingerprint density at radius 2 is 1.71 bits per heavy atom. The molecular formula is C30H33N3O2. The molecule has 2 heterocycles. The first kappa shape index (κ1) is 24.6. The summed E-state index contributed by atoms with van der Waals surface area (Å²) in [6.07, 6.45) is 10.5. The molecule has 180 valence electrons. The zero-order valence-electron chi connectivity index (χ0n) is 20.1. The molecule has 1 aromatic heterocycles. The van der Waals surface area contributed by atoms with Crippen molar-refractivity contribution in [3.05, 3.63) is 96.3 Å². The lowest BCUT2D eigenvalue weighted by atomic mass is 9.85. The van der Waals surface area contributed by atoms with E-state index in [0.29, 0.717) is 6.54 Å². The number of ketones is 1. The summed E-state index contributed by atoms with van der Waals surface area (Å²) in [5.74, 6) is 0.275. The number of piperidine rings is 1. The average Bonchev–Trinajstić information content (AvgIpc) is 2.93. The van der Waals surface area contributed by atoms with E-state index in [1.54, 1.807) is 24.5 Å². The van der Waals surface area contributed by atoms with Crippen LogP contribution in [0, 0.1) is 5.92 Å². The van der Waals surface area contributed by atoms with E-state index in [-0.39, 0.29) is 17.6 Å². The number of hydrogen-bond acceptors (Lipinski definition) is 4. The summed E-state index contributed by atoms with van der Waals surface area (Å²) in [6.45, 7) is 3.57. The number of nitrogens with zero attached hydrogens (tertiary/aromatic N) is 2. The lowest BCUT2D eigenvalue weighted by molar-refractivity contribution is -0.116. The van der Waals surface area contributed by atoms with Crippen LogP contribution in [0.15, 0.2) is 85.2 Å². The molecule has 5 heteroatoms. The third-order valence-corrected chi connectivity index (χ3v) is 6.55. The summed E-state index contributed by atoms with van der Waals surface area (Å²) in [7, 11) is 0. The summed E-state index contributed by atoms with van der Waals surface area (Å²) in [4.78, 5) is 31.8. The first-order valence-corrected chi connectivity index (χ1v) is 12.5. The van der Waals surface area contributed by atoms with E-state index in [0.717, 1.165) is 67.6 Å². The molecule has 0 unspecified atom stereocenters. The number of Topliss-reactive ketones (excluding diaryl/α,β-unsaturated/α-hetero) is 1. The second-order valence-corrected chi connectivity index (χ2v) is 9.01. The molecule has 0 atom stereocenters. The molecule has 1 saturated heterocycles. The molecule has 1 amide bonds. The van der Waals surface area contributed by atoms with Crippen LogP contribution in [0.5, 0.6) is 0 Å². The van der Waals surface area contributed by atoms with Crippen LogP contribution in [0.2, 0.25) is 0 Å². The van der Waals surface area contributed by atoms with E-state index in [1.165, 1.54) is 0 Å². The Morgan fingerprint density at radius 1 is 0.943 bits per heavy atom. The first-order valence-electron chi connectivity index (χ1n) is 12.5. The van der Waals surface area contributed by atoms with E-state index in [9.17, 15) is 9.59 Å². The predicted octanol–water partition coefficient (Wildman–Crippen LogP) is 5.25. The molecule has 0 radical (unpaired) electrons. The minimum absolute atomic E-state index is 0.0797. The van der Waals surface area contributed by atoms with Crippen molar-refractivity contribution in [2.24, 2.45) is 5.92 Å². The van der Waals surface area contributed by atoms with Gasteiger partial charge in [-0.05, 0) is 74.2 Å². The summed E-state index contributed by atoms with van der Waals surface area (Å²) in [5.41, 5.74) is 3.87. The Labute approximate surface area is 207 Å². The monoisotopic (exact) mass is 467 g/mol. The first-order chi connectivity index (χ1) is 17.2. The van der Waals surface area contributed by atoms with Crippen LogP contribution in [-0.4, -0.2) is 47.8 Å². The zero-order chi connectivity index (χ0) is 24.3. The highest BCUT2D eigenvalue weighted by Gasteiger charge is 2.27. The van der Waals surface area contributed by atoms with Crippen molar-refractivity contribution in [2.45, 2.75) is 25.7 Å². The molecule has 1 fully saturated rings. The van der Waals surface area contributed by atoms with Crippen molar-refractivity contribution >= 4 is 17.8 Å². The van der Waals surface area contributed by atoms with E-state index >= 15 is 0 Å². The smallest absolute Gasteiger partial charge is 0.243 e. The van der Waals surface area contributed by atoms with Gasteiger partial charge in [-0.1, -0.05) is 60.7 Å². The maximum atomic E-state index is 13.3. The topological polar surface area (TPSA) is 62.3 Å². The zero-order valence-corrected chi connectivity index (χ0v) is 20.1. The molecule has 5 nitrogen and oxygen atoms in total. The highest BCUT2D eigenvalue weighted by Crippen LogP contribution is 2.29. The number of unbranched alkanes of at least 4 members (excludes halogenated alkanes) is 1. The average molecular weight is 468 g/mol. The van der Waals surface area contributed by atoms with Gasteiger partial charge in [-0.25, -0.2) is 0 Å². The molecule has 3 aromatic rings. The van der Waals surface area contributed by atoms with Crippen molar-refractivity contribution in [3.63, 3.8) is 0 Å². The maximum absolute atomic E-state index is 13.3. The molecule has 2 aromatic carbocycles. The summed E-state index contributed by atoms with van der Waals surface area (Å²) in [6, 6.07) is 21.9. The Bertz CT molecular complexity index is 1120. The van der Waals surface area contributed by atoms with Crippen LogP contribution in [-0.2, 0) is 4.79 Å². The highest BCUT2D eigenvalue weighted by atomic mass is 16.1. The Hall–Kier alpha value is -3.57. The standard InChI is InChI=1S/C30H33N3O2/c34-29(15-14-24-9-8-18-31-23-24)32-19-6-7-20-33-21-16-26(17-22-33)30(35)28-13-5-4-12-27(28)25-10-2-1-3-11-25/h1-5,8-15,18,23,26H,6-7,16-17,19-22H2,(H,32,34). The van der Waals surface area contributed by atoms with Gasteiger partial charge in [0.05, 0.1) is 0 Å². The van der Waals surface area contributed by atoms with Gasteiger partial charge in [0, 0.05) is 36.5 Å². The van der Waals surface area contributed by atoms with Crippen molar-refractivity contribution in [1.29, 1.82) is 0 Å². The SMILES string of the molecule is O=C(C=Cc1cccnc1)NCCCCN1CCC(C(=O)c2ccccc2-c2ccccc2)CC1. The van der Waals surface area contributed by atoms with Gasteiger partial charge in [-0.3, -0.25) is 14.6 Å². The van der Waals surface area contributed by atoms with Gasteiger partial charge in [0.2, 0.25) is 5.91 Å². The lowest BCUT2D eigenvalue weighted by Gasteiger charge is -2.31. The van der Waals surface area contributed by atoms with Gasteiger partial charge in [-0.15, -0.1) is 0 Å². The van der Waals surface area contributed by atoms with E-state index in [1.807, 2.05) is 54.6 Å². The van der Waals surface area contributed by atoms with Crippen molar-refractivity contribution in [3.8, 4) is 11.1 Å². The van der Waals surface area contributed by atoms with Crippen LogP contribution in [0.4, 0.5) is 0 Å². The maximum Gasteiger partial charge on any atom is 0.243 e. The van der Waals surface area contributed by atoms with E-state index in [2.05, 4.69) is 27.3 Å². The molecule has 0 bridgehead atoms. The molecule has 4 rings (SSSR count). The van der Waals surface area contributed by atoms with E-state index < -0.39 is 0 Å². The molecule has 1 aliphatic heterocycles. The Morgan fingerprint density at radius 3 is 2.49 bits per heavy atom. The van der Waals surface area contributed by atoms with Gasteiger partial charge >= 0.3 is 0 Å². The van der Waals surface area contributed by atoms with Gasteiger partial charge < -0.3 is 10.2 Å². The largest absolute Gasteiger partial charge is 0.353 e. The van der Waals surface area contributed by atoms with Crippen LogP contribution < -0.4 is 5.32 Å². The summed E-state index contributed by atoms with van der Waals surface area (Å²) in [5, 5.41) is 2.94. The van der Waals surface area contributed by atoms with Gasteiger partial charge in [0.1, 0.15) is 0 Å². The van der Waals surface area contributed by atoms with Crippen molar-refractivity contribution in [1.82, 2.24) is 15.2 Å². The number of hydrogen-bond donors (Lipinski definition) is 1. The lowest BCUT2D eigenvalue weighted by Crippen LogP contribution is -2.37. The highest BCUT2D eigenvalue weighted by molar-refractivity contribution is 6.03. The number of amides is 1. The predicted molar refractivity (Wildman–Crippen MR) is 141 cm³/mol.